The molecule has 0 unspecified atom stereocenters. The van der Waals surface area contributed by atoms with E-state index in [-0.39, 0.29) is 36.5 Å². The maximum atomic E-state index is 11.6. The van der Waals surface area contributed by atoms with Crippen molar-refractivity contribution < 1.29 is 18.7 Å². The van der Waals surface area contributed by atoms with Crippen LogP contribution < -0.4 is 10.6 Å². The molecule has 0 saturated heterocycles. The quantitative estimate of drug-likeness (QED) is 0.207. The molecule has 0 saturated carbocycles. The highest BCUT2D eigenvalue weighted by Crippen LogP contribution is 2.06. The van der Waals surface area contributed by atoms with Gasteiger partial charge in [0.05, 0.1) is 6.26 Å². The molecular weight excluding hydrogens is 425 g/mol. The number of hydrogen-bond acceptors (Lipinski definition) is 5. The van der Waals surface area contributed by atoms with Gasteiger partial charge in [-0.15, -0.1) is 24.0 Å². The van der Waals surface area contributed by atoms with E-state index in [0.29, 0.717) is 25.7 Å². The molecule has 7 nitrogen and oxygen atoms in total. The Hall–Kier alpha value is -1.29. The second-order valence-corrected chi connectivity index (χ2v) is 5.92. The van der Waals surface area contributed by atoms with E-state index in [9.17, 15) is 4.79 Å². The number of halogens is 1. The fraction of sp³-hybridized carbons (Fsp3) is 0.625. The van der Waals surface area contributed by atoms with Gasteiger partial charge < -0.3 is 24.5 Å². The molecule has 0 aliphatic carbocycles. The Morgan fingerprint density at radius 2 is 2.08 bits per heavy atom. The number of guanidine groups is 1. The fourth-order valence-corrected chi connectivity index (χ4v) is 1.70. The average molecular weight is 453 g/mol. The minimum absolute atomic E-state index is 0. The highest BCUT2D eigenvalue weighted by Gasteiger charge is 2.16. The van der Waals surface area contributed by atoms with Gasteiger partial charge in [-0.1, -0.05) is 0 Å². The molecule has 0 bridgehead atoms. The number of hydrogen-bond donors (Lipinski definition) is 2. The van der Waals surface area contributed by atoms with Gasteiger partial charge in [0, 0.05) is 20.2 Å². The summed E-state index contributed by atoms with van der Waals surface area (Å²) in [5.74, 6) is 1.05. The van der Waals surface area contributed by atoms with Crippen molar-refractivity contribution in [3.05, 3.63) is 24.2 Å². The van der Waals surface area contributed by atoms with Gasteiger partial charge in [-0.2, -0.15) is 0 Å². The van der Waals surface area contributed by atoms with Crippen LogP contribution in [-0.4, -0.2) is 44.3 Å². The van der Waals surface area contributed by atoms with E-state index in [1.807, 2.05) is 32.9 Å². The van der Waals surface area contributed by atoms with Crippen LogP contribution in [0.25, 0.3) is 0 Å². The standard InChI is InChI=1S/C16H27N3O4.HI/c1-16(2,3)23-14(20)11-19-15(17-4)18-8-6-9-21-12-13-7-5-10-22-13;/h5,7,10H,6,8-9,11-12H2,1-4H3,(H2,17,18,19);1H. The Balaban J connectivity index is 0.00000529. The Kier molecular flexibility index (Phi) is 11.5. The largest absolute Gasteiger partial charge is 0.467 e. The summed E-state index contributed by atoms with van der Waals surface area (Å²) >= 11 is 0. The van der Waals surface area contributed by atoms with Gasteiger partial charge in [-0.3, -0.25) is 9.79 Å². The van der Waals surface area contributed by atoms with Crippen LogP contribution in [0.15, 0.2) is 27.8 Å². The van der Waals surface area contributed by atoms with Crippen molar-refractivity contribution in [1.29, 1.82) is 0 Å². The van der Waals surface area contributed by atoms with Crippen LogP contribution in [0.4, 0.5) is 0 Å². The van der Waals surface area contributed by atoms with Gasteiger partial charge in [0.2, 0.25) is 0 Å². The second-order valence-electron chi connectivity index (χ2n) is 5.92. The zero-order chi connectivity index (χ0) is 17.1. The van der Waals surface area contributed by atoms with Crippen molar-refractivity contribution >= 4 is 35.9 Å². The number of esters is 1. The fourth-order valence-electron chi connectivity index (χ4n) is 1.70. The predicted octanol–water partition coefficient (Wildman–Crippen LogP) is 2.31. The molecule has 1 aromatic rings. The summed E-state index contributed by atoms with van der Waals surface area (Å²) in [4.78, 5) is 15.7. The lowest BCUT2D eigenvalue weighted by atomic mass is 10.2. The van der Waals surface area contributed by atoms with Crippen LogP contribution in [0.2, 0.25) is 0 Å². The molecule has 24 heavy (non-hydrogen) atoms. The van der Waals surface area contributed by atoms with Gasteiger partial charge in [-0.25, -0.2) is 0 Å². The molecule has 1 aromatic heterocycles. The zero-order valence-electron chi connectivity index (χ0n) is 14.8. The number of carbonyl (C=O) groups is 1. The molecule has 1 rings (SSSR count). The van der Waals surface area contributed by atoms with Crippen LogP contribution in [0.1, 0.15) is 33.0 Å². The maximum Gasteiger partial charge on any atom is 0.325 e. The molecule has 0 radical (unpaired) electrons. The maximum absolute atomic E-state index is 11.6. The van der Waals surface area contributed by atoms with E-state index in [0.717, 1.165) is 12.2 Å². The number of ether oxygens (including phenoxy) is 2. The number of furan rings is 1. The highest BCUT2D eigenvalue weighted by atomic mass is 127. The lowest BCUT2D eigenvalue weighted by Crippen LogP contribution is -2.42. The molecule has 138 valence electrons. The number of nitrogens with one attached hydrogen (secondary N) is 2. The van der Waals surface area contributed by atoms with Crippen molar-refractivity contribution in [2.24, 2.45) is 4.99 Å². The first-order valence-corrected chi connectivity index (χ1v) is 7.67. The Labute approximate surface area is 160 Å². The van der Waals surface area contributed by atoms with E-state index < -0.39 is 5.60 Å². The third-order valence-electron chi connectivity index (χ3n) is 2.63. The minimum Gasteiger partial charge on any atom is -0.467 e. The molecule has 0 aliphatic heterocycles. The van der Waals surface area contributed by atoms with E-state index in [2.05, 4.69) is 15.6 Å². The predicted molar refractivity (Wildman–Crippen MR) is 104 cm³/mol. The summed E-state index contributed by atoms with van der Waals surface area (Å²) in [5.41, 5.74) is -0.485. The lowest BCUT2D eigenvalue weighted by Gasteiger charge is -2.20. The third-order valence-corrected chi connectivity index (χ3v) is 2.63. The molecule has 0 atom stereocenters. The first-order valence-electron chi connectivity index (χ1n) is 7.67. The Bertz CT molecular complexity index is 484. The van der Waals surface area contributed by atoms with Gasteiger partial charge in [0.15, 0.2) is 5.96 Å². The first kappa shape index (κ1) is 22.7. The van der Waals surface area contributed by atoms with Crippen LogP contribution in [0.3, 0.4) is 0 Å². The lowest BCUT2D eigenvalue weighted by molar-refractivity contribution is -0.153. The molecule has 0 spiro atoms. The number of nitrogens with zero attached hydrogens (tertiary/aromatic N) is 1. The van der Waals surface area contributed by atoms with Crippen molar-refractivity contribution in [3.8, 4) is 0 Å². The summed E-state index contributed by atoms with van der Waals surface area (Å²) in [7, 11) is 1.65. The summed E-state index contributed by atoms with van der Waals surface area (Å²) in [6.07, 6.45) is 2.44. The average Bonchev–Trinajstić information content (AvgIpc) is 2.97. The SMILES string of the molecule is CN=C(NCCCOCc1ccco1)NCC(=O)OC(C)(C)C.I. The molecule has 0 aliphatic rings. The van der Waals surface area contributed by atoms with Crippen LogP contribution in [0, 0.1) is 0 Å². The summed E-state index contributed by atoms with van der Waals surface area (Å²) in [6.45, 7) is 7.34. The number of aliphatic imine (C=N–C) groups is 1. The molecule has 2 N–H and O–H groups in total. The van der Waals surface area contributed by atoms with Crippen molar-refractivity contribution in [1.82, 2.24) is 10.6 Å². The van der Waals surface area contributed by atoms with Gasteiger partial charge in [0.1, 0.15) is 24.5 Å². The number of carbonyl (C=O) groups excluding carboxylic acids is 1. The topological polar surface area (TPSA) is 85.1 Å². The van der Waals surface area contributed by atoms with E-state index in [1.165, 1.54) is 0 Å². The summed E-state index contributed by atoms with van der Waals surface area (Å²) in [6, 6.07) is 3.71. The van der Waals surface area contributed by atoms with Gasteiger partial charge in [0.25, 0.3) is 0 Å². The van der Waals surface area contributed by atoms with Crippen molar-refractivity contribution in [2.45, 2.75) is 39.4 Å². The van der Waals surface area contributed by atoms with Crippen LogP contribution >= 0.6 is 24.0 Å². The van der Waals surface area contributed by atoms with Crippen LogP contribution in [0.5, 0.6) is 0 Å². The van der Waals surface area contributed by atoms with Crippen LogP contribution in [-0.2, 0) is 20.9 Å². The van der Waals surface area contributed by atoms with Gasteiger partial charge >= 0.3 is 5.97 Å². The molecule has 1 heterocycles. The summed E-state index contributed by atoms with van der Waals surface area (Å²) in [5, 5.41) is 6.02. The second kappa shape index (κ2) is 12.1. The summed E-state index contributed by atoms with van der Waals surface area (Å²) < 4.78 is 15.9. The minimum atomic E-state index is -0.485. The Morgan fingerprint density at radius 1 is 1.33 bits per heavy atom. The van der Waals surface area contributed by atoms with E-state index in [1.54, 1.807) is 13.3 Å². The zero-order valence-corrected chi connectivity index (χ0v) is 17.1. The normalized spacial score (nSPS) is 11.6. The van der Waals surface area contributed by atoms with E-state index >= 15 is 0 Å². The molecule has 0 fully saturated rings. The third kappa shape index (κ3) is 11.3. The first-order chi connectivity index (χ1) is 10.9. The monoisotopic (exact) mass is 453 g/mol. The molecule has 8 heteroatoms. The molecular formula is C16H28IN3O4. The number of rotatable bonds is 8. The molecule has 0 amide bonds. The Morgan fingerprint density at radius 3 is 2.67 bits per heavy atom. The molecule has 0 aromatic carbocycles. The van der Waals surface area contributed by atoms with Crippen molar-refractivity contribution in [3.63, 3.8) is 0 Å². The van der Waals surface area contributed by atoms with Crippen molar-refractivity contribution in [2.75, 3.05) is 26.7 Å². The van der Waals surface area contributed by atoms with E-state index in [4.69, 9.17) is 13.9 Å². The van der Waals surface area contributed by atoms with Gasteiger partial charge in [-0.05, 0) is 39.3 Å². The highest BCUT2D eigenvalue weighted by molar-refractivity contribution is 14.0. The smallest absolute Gasteiger partial charge is 0.325 e.